The number of hydrogen-bond donors (Lipinski definition) is 1. The predicted molar refractivity (Wildman–Crippen MR) is 72.1 cm³/mol. The van der Waals surface area contributed by atoms with Gasteiger partial charge in [-0.25, -0.2) is 0 Å². The predicted octanol–water partition coefficient (Wildman–Crippen LogP) is 1.80. The summed E-state index contributed by atoms with van der Waals surface area (Å²) in [5.41, 5.74) is 0.895. The molecule has 0 saturated carbocycles. The fourth-order valence-corrected chi connectivity index (χ4v) is 2.15. The molecule has 1 amide bonds. The molecule has 1 aliphatic heterocycles. The van der Waals surface area contributed by atoms with Gasteiger partial charge in [0, 0.05) is 19.5 Å². The fraction of sp³-hybridized carbons (Fsp3) is 0.500. The van der Waals surface area contributed by atoms with Gasteiger partial charge < -0.3 is 15.0 Å². The van der Waals surface area contributed by atoms with Crippen LogP contribution in [0.2, 0.25) is 0 Å². The largest absolute Gasteiger partial charge is 0.492 e. The number of anilines is 1. The van der Waals surface area contributed by atoms with Crippen molar-refractivity contribution in [3.05, 3.63) is 24.3 Å². The fourth-order valence-electron chi connectivity index (χ4n) is 2.15. The Morgan fingerprint density at radius 1 is 1.33 bits per heavy atom. The van der Waals surface area contributed by atoms with E-state index in [-0.39, 0.29) is 5.91 Å². The minimum Gasteiger partial charge on any atom is -0.492 e. The maximum absolute atomic E-state index is 12.2. The van der Waals surface area contributed by atoms with Crippen LogP contribution in [0, 0.1) is 0 Å². The molecule has 1 heterocycles. The van der Waals surface area contributed by atoms with Gasteiger partial charge in [-0.2, -0.15) is 0 Å². The van der Waals surface area contributed by atoms with Crippen LogP contribution < -0.4 is 15.0 Å². The summed E-state index contributed by atoms with van der Waals surface area (Å²) in [6.07, 6.45) is 1.51. The van der Waals surface area contributed by atoms with Gasteiger partial charge in [0.2, 0.25) is 5.91 Å². The number of nitrogens with one attached hydrogen (secondary N) is 1. The molecule has 98 valence electrons. The normalized spacial score (nSPS) is 17.2. The Hall–Kier alpha value is -1.55. The number of rotatable bonds is 3. The quantitative estimate of drug-likeness (QED) is 0.887. The number of nitrogens with zero attached hydrogens (tertiary/aromatic N) is 1. The van der Waals surface area contributed by atoms with Crippen molar-refractivity contribution in [1.29, 1.82) is 0 Å². The zero-order valence-electron chi connectivity index (χ0n) is 10.8. The second kappa shape index (κ2) is 6.40. The van der Waals surface area contributed by atoms with Crippen LogP contribution in [0.5, 0.6) is 5.75 Å². The number of benzene rings is 1. The summed E-state index contributed by atoms with van der Waals surface area (Å²) in [5.74, 6) is 0.955. The van der Waals surface area contributed by atoms with Crippen molar-refractivity contribution < 1.29 is 9.53 Å². The van der Waals surface area contributed by atoms with Crippen molar-refractivity contribution in [2.24, 2.45) is 0 Å². The summed E-state index contributed by atoms with van der Waals surface area (Å²) in [6.45, 7) is 5.03. The molecule has 1 N–H and O–H groups in total. The number of amides is 1. The first-order valence-electron chi connectivity index (χ1n) is 6.56. The van der Waals surface area contributed by atoms with Crippen molar-refractivity contribution in [3.8, 4) is 5.75 Å². The van der Waals surface area contributed by atoms with E-state index < -0.39 is 0 Å². The van der Waals surface area contributed by atoms with E-state index in [1.54, 1.807) is 0 Å². The van der Waals surface area contributed by atoms with E-state index in [0.717, 1.165) is 37.5 Å². The molecule has 0 aliphatic carbocycles. The van der Waals surface area contributed by atoms with Crippen LogP contribution in [0.4, 0.5) is 5.69 Å². The summed E-state index contributed by atoms with van der Waals surface area (Å²) in [7, 11) is 0. The minimum absolute atomic E-state index is 0.161. The van der Waals surface area contributed by atoms with Crippen LogP contribution in [-0.2, 0) is 4.79 Å². The first-order valence-corrected chi connectivity index (χ1v) is 6.56. The molecule has 0 radical (unpaired) electrons. The lowest BCUT2D eigenvalue weighted by molar-refractivity contribution is -0.118. The molecular formula is C14H20N2O2. The lowest BCUT2D eigenvalue weighted by atomic mass is 10.2. The van der Waals surface area contributed by atoms with E-state index in [0.29, 0.717) is 13.0 Å². The van der Waals surface area contributed by atoms with Gasteiger partial charge in [-0.05, 0) is 32.0 Å². The highest BCUT2D eigenvalue weighted by molar-refractivity contribution is 5.95. The molecule has 0 aromatic heterocycles. The Balaban J connectivity index is 2.23. The van der Waals surface area contributed by atoms with Gasteiger partial charge in [0.25, 0.3) is 0 Å². The molecule has 0 bridgehead atoms. The zero-order chi connectivity index (χ0) is 12.8. The van der Waals surface area contributed by atoms with Gasteiger partial charge in [-0.3, -0.25) is 4.79 Å². The Morgan fingerprint density at radius 2 is 2.17 bits per heavy atom. The summed E-state index contributed by atoms with van der Waals surface area (Å²) >= 11 is 0. The molecule has 1 aromatic rings. The van der Waals surface area contributed by atoms with Crippen molar-refractivity contribution >= 4 is 11.6 Å². The molecule has 0 atom stereocenters. The molecule has 0 unspecified atom stereocenters. The number of carbonyl (C=O) groups is 1. The van der Waals surface area contributed by atoms with E-state index in [2.05, 4.69) is 5.32 Å². The molecule has 2 rings (SSSR count). The summed E-state index contributed by atoms with van der Waals surface area (Å²) in [5, 5.41) is 3.25. The van der Waals surface area contributed by atoms with Crippen LogP contribution in [0.25, 0.3) is 0 Å². The Kier molecular flexibility index (Phi) is 4.59. The van der Waals surface area contributed by atoms with Crippen molar-refractivity contribution in [2.45, 2.75) is 19.8 Å². The van der Waals surface area contributed by atoms with Crippen molar-refractivity contribution in [2.75, 3.05) is 31.1 Å². The first-order chi connectivity index (χ1) is 8.83. The average molecular weight is 248 g/mol. The first kappa shape index (κ1) is 12.9. The minimum atomic E-state index is 0.161. The van der Waals surface area contributed by atoms with Gasteiger partial charge in [0.15, 0.2) is 0 Å². The van der Waals surface area contributed by atoms with Gasteiger partial charge in [0.05, 0.1) is 12.3 Å². The van der Waals surface area contributed by atoms with E-state index >= 15 is 0 Å². The molecule has 1 fully saturated rings. The highest BCUT2D eigenvalue weighted by Gasteiger charge is 2.19. The Bertz CT molecular complexity index is 407. The Labute approximate surface area is 108 Å². The lowest BCUT2D eigenvalue weighted by Crippen LogP contribution is -2.38. The third-order valence-electron chi connectivity index (χ3n) is 3.01. The van der Waals surface area contributed by atoms with E-state index in [9.17, 15) is 4.79 Å². The summed E-state index contributed by atoms with van der Waals surface area (Å²) < 4.78 is 5.60. The third kappa shape index (κ3) is 3.01. The monoisotopic (exact) mass is 248 g/mol. The van der Waals surface area contributed by atoms with Gasteiger partial charge in [-0.15, -0.1) is 0 Å². The highest BCUT2D eigenvalue weighted by Crippen LogP contribution is 2.28. The molecule has 1 saturated heterocycles. The lowest BCUT2D eigenvalue weighted by Gasteiger charge is -2.27. The highest BCUT2D eigenvalue weighted by atomic mass is 16.5. The van der Waals surface area contributed by atoms with E-state index in [4.69, 9.17) is 4.74 Å². The second-order valence-corrected chi connectivity index (χ2v) is 4.30. The maximum Gasteiger partial charge on any atom is 0.228 e. The standard InChI is InChI=1S/C14H20N2O2/c1-2-18-13-7-4-3-6-12(13)16-11-5-9-15-10-8-14(16)17/h3-4,6-7,15H,2,5,8-11H2,1H3. The average Bonchev–Trinajstić information content (AvgIpc) is 2.36. The summed E-state index contributed by atoms with van der Waals surface area (Å²) in [6, 6.07) is 7.76. The molecule has 0 spiro atoms. The number of carbonyl (C=O) groups excluding carboxylic acids is 1. The molecule has 4 nitrogen and oxygen atoms in total. The van der Waals surface area contributed by atoms with Gasteiger partial charge >= 0.3 is 0 Å². The smallest absolute Gasteiger partial charge is 0.228 e. The van der Waals surface area contributed by atoms with Crippen LogP contribution in [0.1, 0.15) is 19.8 Å². The molecule has 1 aromatic carbocycles. The number of ether oxygens (including phenoxy) is 1. The van der Waals surface area contributed by atoms with Gasteiger partial charge in [0.1, 0.15) is 5.75 Å². The molecule has 1 aliphatic rings. The summed E-state index contributed by atoms with van der Waals surface area (Å²) in [4.78, 5) is 14.0. The topological polar surface area (TPSA) is 41.6 Å². The van der Waals surface area contributed by atoms with Gasteiger partial charge in [-0.1, -0.05) is 12.1 Å². The van der Waals surface area contributed by atoms with Crippen LogP contribution >= 0.6 is 0 Å². The van der Waals surface area contributed by atoms with E-state index in [1.807, 2.05) is 36.1 Å². The SMILES string of the molecule is CCOc1ccccc1N1CCCNCCC1=O. The van der Waals surface area contributed by atoms with Crippen LogP contribution in [0.15, 0.2) is 24.3 Å². The Morgan fingerprint density at radius 3 is 3.00 bits per heavy atom. The number of hydrogen-bond acceptors (Lipinski definition) is 3. The maximum atomic E-state index is 12.2. The second-order valence-electron chi connectivity index (χ2n) is 4.30. The van der Waals surface area contributed by atoms with E-state index in [1.165, 1.54) is 0 Å². The van der Waals surface area contributed by atoms with Crippen LogP contribution in [-0.4, -0.2) is 32.1 Å². The molecule has 4 heteroatoms. The zero-order valence-corrected chi connectivity index (χ0v) is 10.8. The van der Waals surface area contributed by atoms with Crippen molar-refractivity contribution in [1.82, 2.24) is 5.32 Å². The molecular weight excluding hydrogens is 228 g/mol. The third-order valence-corrected chi connectivity index (χ3v) is 3.01. The van der Waals surface area contributed by atoms with Crippen LogP contribution in [0.3, 0.4) is 0 Å². The number of para-hydroxylation sites is 2. The molecule has 18 heavy (non-hydrogen) atoms. The van der Waals surface area contributed by atoms with Crippen molar-refractivity contribution in [3.63, 3.8) is 0 Å².